The lowest BCUT2D eigenvalue weighted by atomic mass is 9.76. The average molecular weight is 759 g/mol. The van der Waals surface area contributed by atoms with Crippen LogP contribution in [0.2, 0.25) is 0 Å². The van der Waals surface area contributed by atoms with Crippen molar-refractivity contribution in [3.05, 3.63) is 0 Å². The Kier molecular flexibility index (Phi) is 15.4. The summed E-state index contributed by atoms with van der Waals surface area (Å²) in [6.45, 7) is 17.5. The number of terminal acetylenes is 1. The third kappa shape index (κ3) is 9.75. The number of nitrogens with one attached hydrogen (secondary N) is 1. The summed E-state index contributed by atoms with van der Waals surface area (Å²) >= 11 is 0. The predicted octanol–water partition coefficient (Wildman–Crippen LogP) is 1.56. The molecule has 0 radical (unpaired) electrons. The van der Waals surface area contributed by atoms with Gasteiger partial charge in [0.1, 0.15) is 35.6 Å². The predicted molar refractivity (Wildman–Crippen MR) is 197 cm³/mol. The van der Waals surface area contributed by atoms with Crippen molar-refractivity contribution in [1.29, 1.82) is 0 Å². The number of ether oxygens (including phenoxy) is 6. The molecule has 1 unspecified atom stereocenters. The second-order valence-electron chi connectivity index (χ2n) is 17.0. The molecule has 3 aliphatic heterocycles. The lowest BCUT2D eigenvalue weighted by Crippen LogP contribution is -2.66. The van der Waals surface area contributed by atoms with Crippen molar-refractivity contribution in [2.24, 2.45) is 17.8 Å². The normalized spacial score (nSPS) is 49.7. The molecule has 18 atom stereocenters. The average Bonchev–Trinajstić information content (AvgIpc) is 3.08. The first-order valence-corrected chi connectivity index (χ1v) is 19.2. The molecular formula is C39H70N2O12. The van der Waals surface area contributed by atoms with E-state index in [1.807, 2.05) is 32.8 Å². The minimum atomic E-state index is -1.82. The second kappa shape index (κ2) is 17.8. The molecule has 0 aliphatic carbocycles. The fourth-order valence-electron chi connectivity index (χ4n) is 8.63. The summed E-state index contributed by atoms with van der Waals surface area (Å²) in [6.07, 6.45) is -2.32. The Hall–Kier alpha value is -1.45. The van der Waals surface area contributed by atoms with Crippen molar-refractivity contribution in [3.8, 4) is 12.3 Å². The third-order valence-corrected chi connectivity index (χ3v) is 12.2. The molecule has 0 saturated carbocycles. The third-order valence-electron chi connectivity index (χ3n) is 12.2. The van der Waals surface area contributed by atoms with E-state index >= 15 is 0 Å². The highest BCUT2D eigenvalue weighted by atomic mass is 16.7. The summed E-state index contributed by atoms with van der Waals surface area (Å²) in [5.74, 6) is -0.329. The largest absolute Gasteiger partial charge is 0.459 e. The van der Waals surface area contributed by atoms with Crippen LogP contribution in [0.5, 0.6) is 0 Å². The molecule has 0 bridgehead atoms. The Balaban J connectivity index is 2.18. The van der Waals surface area contributed by atoms with Crippen molar-refractivity contribution in [1.82, 2.24) is 10.2 Å². The molecule has 3 rings (SSSR count). The number of carbonyl (C=O) groups is 1. The first kappa shape index (κ1) is 45.9. The zero-order chi connectivity index (χ0) is 40.4. The van der Waals surface area contributed by atoms with Crippen LogP contribution in [-0.4, -0.2) is 154 Å². The SMILES string of the molecule is C#C[C@@]1(O)[C@H](C)O[C@@H](O[C@H]2[C@H](C)[C@@H](O[C@@H]3O[C@H](C)C[C@H](N(C)C)[C@H]3O)[C@](C)(O)C[C@@H](C)CN[C@H](C)[C@@H](O)[C@](C)(O)C(CC)OC(=O)[C@@H]2C)C[C@@]1(C)OC. The van der Waals surface area contributed by atoms with Crippen LogP contribution in [0.4, 0.5) is 0 Å². The maximum atomic E-state index is 14.2. The second-order valence-corrected chi connectivity index (χ2v) is 17.0. The number of carbonyl (C=O) groups excluding carboxylic acids is 1. The summed E-state index contributed by atoms with van der Waals surface area (Å²) in [7, 11) is 5.18. The van der Waals surface area contributed by atoms with Gasteiger partial charge in [-0.25, -0.2) is 0 Å². The van der Waals surface area contributed by atoms with Gasteiger partial charge >= 0.3 is 5.97 Å². The molecule has 0 aromatic heterocycles. The number of aliphatic hydroxyl groups excluding tert-OH is 2. The number of rotatable bonds is 7. The Bertz CT molecular complexity index is 1250. The molecule has 3 heterocycles. The molecule has 0 amide bonds. The van der Waals surface area contributed by atoms with Crippen molar-refractivity contribution < 1.29 is 58.7 Å². The van der Waals surface area contributed by atoms with Gasteiger partial charge in [0.15, 0.2) is 18.2 Å². The lowest BCUT2D eigenvalue weighted by Gasteiger charge is -2.51. The van der Waals surface area contributed by atoms with Crippen molar-refractivity contribution in [2.75, 3.05) is 27.7 Å². The molecule has 3 fully saturated rings. The highest BCUT2D eigenvalue weighted by Gasteiger charge is 2.58. The van der Waals surface area contributed by atoms with Gasteiger partial charge in [0.25, 0.3) is 0 Å². The molecule has 0 spiro atoms. The van der Waals surface area contributed by atoms with Gasteiger partial charge in [-0.2, -0.15) is 0 Å². The number of aliphatic hydroxyl groups is 5. The molecular weight excluding hydrogens is 688 g/mol. The summed E-state index contributed by atoms with van der Waals surface area (Å²) in [4.78, 5) is 16.1. The van der Waals surface area contributed by atoms with E-state index in [9.17, 15) is 30.3 Å². The fourth-order valence-corrected chi connectivity index (χ4v) is 8.63. The minimum absolute atomic E-state index is 0.0208. The molecule has 14 nitrogen and oxygen atoms in total. The topological polar surface area (TPSA) is 189 Å². The number of likely N-dealkylation sites (N-methyl/N-ethyl adjacent to an activating group) is 1. The Morgan fingerprint density at radius 2 is 1.62 bits per heavy atom. The van der Waals surface area contributed by atoms with E-state index in [2.05, 4.69) is 11.2 Å². The van der Waals surface area contributed by atoms with Crippen LogP contribution in [0.25, 0.3) is 0 Å². The number of cyclic esters (lactones) is 1. The zero-order valence-electron chi connectivity index (χ0n) is 34.2. The van der Waals surface area contributed by atoms with Crippen LogP contribution in [0, 0.1) is 30.1 Å². The van der Waals surface area contributed by atoms with Gasteiger partial charge in [-0.15, -0.1) is 6.42 Å². The van der Waals surface area contributed by atoms with E-state index in [-0.39, 0.29) is 37.3 Å². The molecule has 14 heteroatoms. The van der Waals surface area contributed by atoms with E-state index in [4.69, 9.17) is 34.8 Å². The standard InChI is InChI=1S/C39H70N2O12/c1-15-28-38(11,46)32(43)25(7)40-20-21(3)18-36(9,45)33(53-35-30(42)27(41(12)13)17-22(4)49-35)23(5)31(24(6)34(44)51-28)52-29-19-37(10,48-14)39(47,16-2)26(8)50-29/h2,21-33,35,40,42-43,45-47H,15,17-20H2,1,3-14H3/t21-,22-,23+,24-,25-,26+,27+,28?,29+,30-,31+,32-,33-,35+,36-,37-,38-,39-/m1/s1. The Morgan fingerprint density at radius 3 is 2.17 bits per heavy atom. The number of esters is 1. The minimum Gasteiger partial charge on any atom is -0.459 e. The van der Waals surface area contributed by atoms with Gasteiger partial charge in [0, 0.05) is 31.5 Å². The van der Waals surface area contributed by atoms with Crippen LogP contribution in [-0.2, 0) is 33.2 Å². The summed E-state index contributed by atoms with van der Waals surface area (Å²) in [5.41, 5.74) is -6.52. The zero-order valence-corrected chi connectivity index (χ0v) is 34.2. The Labute approximate surface area is 317 Å². The molecule has 53 heavy (non-hydrogen) atoms. The van der Waals surface area contributed by atoms with Gasteiger partial charge in [-0.1, -0.05) is 26.7 Å². The van der Waals surface area contributed by atoms with E-state index in [1.54, 1.807) is 48.5 Å². The van der Waals surface area contributed by atoms with Gasteiger partial charge < -0.3 is 64.2 Å². The van der Waals surface area contributed by atoms with Gasteiger partial charge in [-0.05, 0) is 94.3 Å². The maximum absolute atomic E-state index is 14.2. The summed E-state index contributed by atoms with van der Waals surface area (Å²) in [5, 5.41) is 61.6. The number of methoxy groups -OCH3 is 1. The van der Waals surface area contributed by atoms with Gasteiger partial charge in [0.05, 0.1) is 29.8 Å². The van der Waals surface area contributed by atoms with E-state index in [0.29, 0.717) is 13.0 Å². The van der Waals surface area contributed by atoms with Gasteiger partial charge in [0.2, 0.25) is 0 Å². The Morgan fingerprint density at radius 1 is 1.00 bits per heavy atom. The smallest absolute Gasteiger partial charge is 0.311 e. The van der Waals surface area contributed by atoms with Crippen molar-refractivity contribution >= 4 is 5.97 Å². The van der Waals surface area contributed by atoms with Crippen LogP contribution >= 0.6 is 0 Å². The van der Waals surface area contributed by atoms with Gasteiger partial charge in [-0.3, -0.25) is 4.79 Å². The van der Waals surface area contributed by atoms with Crippen LogP contribution in [0.1, 0.15) is 94.9 Å². The van der Waals surface area contributed by atoms with E-state index < -0.39 is 95.5 Å². The summed E-state index contributed by atoms with van der Waals surface area (Å²) < 4.78 is 37.5. The quantitative estimate of drug-likeness (QED) is 0.162. The monoisotopic (exact) mass is 758 g/mol. The maximum Gasteiger partial charge on any atom is 0.311 e. The lowest BCUT2D eigenvalue weighted by molar-refractivity contribution is -0.327. The molecule has 3 aliphatic rings. The number of hydrogen-bond acceptors (Lipinski definition) is 14. The number of nitrogens with zero attached hydrogens (tertiary/aromatic N) is 1. The van der Waals surface area contributed by atoms with Crippen LogP contribution in [0.3, 0.4) is 0 Å². The molecule has 0 aromatic rings. The van der Waals surface area contributed by atoms with Crippen LogP contribution < -0.4 is 5.32 Å². The van der Waals surface area contributed by atoms with E-state index in [1.165, 1.54) is 14.0 Å². The molecule has 308 valence electrons. The summed E-state index contributed by atoms with van der Waals surface area (Å²) in [6, 6.07) is -0.895. The molecule has 0 aromatic carbocycles. The first-order chi connectivity index (χ1) is 24.4. The van der Waals surface area contributed by atoms with Crippen LogP contribution in [0.15, 0.2) is 0 Å². The first-order valence-electron chi connectivity index (χ1n) is 19.2. The highest BCUT2D eigenvalue weighted by Crippen LogP contribution is 2.43. The molecule has 3 saturated heterocycles. The van der Waals surface area contributed by atoms with Crippen molar-refractivity contribution in [2.45, 2.75) is 185 Å². The molecule has 6 N–H and O–H groups in total. The highest BCUT2D eigenvalue weighted by molar-refractivity contribution is 5.73. The van der Waals surface area contributed by atoms with Crippen molar-refractivity contribution in [3.63, 3.8) is 0 Å². The van der Waals surface area contributed by atoms with E-state index in [0.717, 1.165) is 0 Å². The number of hydrogen-bond donors (Lipinski definition) is 6. The fraction of sp³-hybridized carbons (Fsp3) is 0.923.